The maximum absolute atomic E-state index is 13.3. The fourth-order valence-corrected chi connectivity index (χ4v) is 37.6. The predicted octanol–water partition coefficient (Wildman–Crippen LogP) is -0.388. The van der Waals surface area contributed by atoms with Gasteiger partial charge in [-0.1, -0.05) is 13.8 Å². The van der Waals surface area contributed by atoms with Gasteiger partial charge in [0, 0.05) is 0 Å². The van der Waals surface area contributed by atoms with Gasteiger partial charge in [-0.2, -0.15) is 0 Å². The lowest BCUT2D eigenvalue weighted by Crippen LogP contribution is -2.32. The minimum atomic E-state index is -6.50. The van der Waals surface area contributed by atoms with E-state index in [2.05, 4.69) is 0 Å². The average Bonchev–Trinajstić information content (AvgIpc) is 0.801. The summed E-state index contributed by atoms with van der Waals surface area (Å²) in [4.78, 5) is 414. The van der Waals surface area contributed by atoms with E-state index >= 15 is 0 Å². The molecule has 19 atom stereocenters. The van der Waals surface area contributed by atoms with E-state index in [9.17, 15) is 287 Å². The summed E-state index contributed by atoms with van der Waals surface area (Å²) in [7, 11) is -124. The lowest BCUT2D eigenvalue weighted by atomic mass is 9.99. The van der Waals surface area contributed by atoms with Crippen LogP contribution in [-0.2, 0) is 91.3 Å². The highest BCUT2D eigenvalue weighted by Gasteiger charge is 2.55. The van der Waals surface area contributed by atoms with Crippen LogP contribution in [0.25, 0.3) is 0 Å². The summed E-state index contributed by atoms with van der Waals surface area (Å²) in [5.74, 6) is -1.16. The van der Waals surface area contributed by atoms with Gasteiger partial charge in [-0.25, -0.2) is 0 Å². The van der Waals surface area contributed by atoms with Crippen LogP contribution in [-0.4, -0.2) is 309 Å². The third-order valence-electron chi connectivity index (χ3n) is 20.3. The first-order chi connectivity index (χ1) is 52.9. The zero-order valence-corrected chi connectivity index (χ0v) is 80.6. The third-order valence-corrected chi connectivity index (χ3v) is 47.6. The van der Waals surface area contributed by atoms with Crippen LogP contribution in [0, 0.1) is 5.92 Å². The van der Waals surface area contributed by atoms with Crippen molar-refractivity contribution in [3.8, 4) is 0 Å². The van der Waals surface area contributed by atoms with Crippen LogP contribution in [0.2, 0.25) is 0 Å². The van der Waals surface area contributed by atoms with Gasteiger partial charge in [-0.3, -0.25) is 91.3 Å². The summed E-state index contributed by atoms with van der Waals surface area (Å²) >= 11 is 0. The van der Waals surface area contributed by atoms with Crippen molar-refractivity contribution in [2.45, 2.75) is 243 Å². The first-order valence-electron chi connectivity index (χ1n) is 34.0. The Morgan fingerprint density at radius 2 is 0.230 bits per heavy atom. The molecule has 0 aliphatic heterocycles. The Balaban J connectivity index is 8.14. The van der Waals surface area contributed by atoms with Gasteiger partial charge in [-0.05, 0) is 128 Å². The lowest BCUT2D eigenvalue weighted by Gasteiger charge is -2.34. The molecule has 19 unspecified atom stereocenters. The summed E-state index contributed by atoms with van der Waals surface area (Å²) in [6, 6.07) is 0. The molecule has 0 rings (SSSR count). The van der Waals surface area contributed by atoms with Gasteiger partial charge in [0.1, 0.15) is 0 Å². The van der Waals surface area contributed by atoms with Gasteiger partial charge in [0.2, 0.25) is 0 Å². The van der Waals surface area contributed by atoms with Crippen molar-refractivity contribution in [2.75, 3.05) is 6.16 Å². The molecule has 0 amide bonds. The predicted molar refractivity (Wildman–Crippen MR) is 420 cm³/mol. The number of hydrogen-bond acceptors (Lipinski definition) is 20. The fraction of sp³-hybridized carbons (Fsp3) is 1.00. The molecule has 0 heterocycles. The molecule has 0 aliphatic rings. The standard InChI is InChI=1S/C42H106O60P20/c1-23(2)42(122(100,101)102)22-41(121(97,98)99)21-40(120(94,95)96)20-39(119(91,92)93)19-38(118(88,89)90)18-37(117(85,86)87)17-36(116(82,83)84)16-35(115(79,80)81)15-34(114(76,77)78)14-33(113(73,74)75)13-32(112(70,71)72)12-31(111(67,68)69)11-30(110(64,65)66)10-29(109(61,62)63)9-28(108(58,59)60)8-27(107(55,56)57)7-26(106(52,53)54)6-25(105(49,50)51)5-24(104(46,47)48)3-4-103(43,44)45/h23-42H,3-22H2,1-2H3,(H2,43,44,45)(H2,46,47,48)(H2,49,50,51)(H2,52,53,54)(H2,55,56,57)(H2,58,59,60)(H2,61,62,63)(H2,64,65,66)(H2,67,68,69)(H2,70,71,72)(H2,73,74,75)(H2,76,77,78)(H2,79,80,81)(H2,82,83,84)(H2,85,86,87)(H2,88,89,90)(H2,91,92,93)(H2,94,95,96)(H2,97,98,99)(H2,100,101,102). The molecular weight excluding hydrogens is 2080 g/mol. The van der Waals surface area contributed by atoms with Crippen LogP contribution in [0.5, 0.6) is 0 Å². The highest BCUT2D eigenvalue weighted by molar-refractivity contribution is 7.59. The molecule has 80 heteroatoms. The maximum atomic E-state index is 13.3. The summed E-state index contributed by atoms with van der Waals surface area (Å²) in [5, 5.41) is 0. The van der Waals surface area contributed by atoms with E-state index in [1.807, 2.05) is 0 Å². The van der Waals surface area contributed by atoms with E-state index < -0.39 is 394 Å². The van der Waals surface area contributed by atoms with Gasteiger partial charge in [-0.15, -0.1) is 0 Å². The molecule has 0 aromatic heterocycles. The van der Waals surface area contributed by atoms with Gasteiger partial charge < -0.3 is 196 Å². The van der Waals surface area contributed by atoms with E-state index in [1.54, 1.807) is 0 Å². The fourth-order valence-electron chi connectivity index (χ4n) is 13.5. The quantitative estimate of drug-likeness (QED) is 0.0345. The second kappa shape index (κ2) is 45.5. The summed E-state index contributed by atoms with van der Waals surface area (Å²) in [5.41, 5.74) is -56.1. The third kappa shape index (κ3) is 46.2. The minimum absolute atomic E-state index is 1.12. The Bertz CT molecular complexity index is 4430. The minimum Gasteiger partial charge on any atom is -0.324 e. The molecule has 0 spiro atoms. The molecule has 0 saturated heterocycles. The first-order valence-corrected chi connectivity index (χ1v) is 67.7. The van der Waals surface area contributed by atoms with Crippen molar-refractivity contribution in [1.29, 1.82) is 0 Å². The van der Waals surface area contributed by atoms with Crippen molar-refractivity contribution in [3.05, 3.63) is 0 Å². The monoisotopic (exact) mass is 2190 g/mol. The van der Waals surface area contributed by atoms with Gasteiger partial charge >= 0.3 is 152 Å². The Kier molecular flexibility index (Phi) is 46.6. The van der Waals surface area contributed by atoms with Crippen LogP contribution >= 0.6 is 152 Å². The van der Waals surface area contributed by atoms with Gasteiger partial charge in [0.05, 0.1) is 114 Å². The van der Waals surface area contributed by atoms with Crippen molar-refractivity contribution in [2.24, 2.45) is 5.92 Å². The number of hydrogen-bond donors (Lipinski definition) is 40. The average molecular weight is 2190 g/mol. The molecule has 40 N–H and O–H groups in total. The van der Waals surface area contributed by atoms with Crippen LogP contribution < -0.4 is 0 Å². The summed E-state index contributed by atoms with van der Waals surface area (Å²) in [6.45, 7) is 2.24. The van der Waals surface area contributed by atoms with E-state index in [4.69, 9.17) is 0 Å². The van der Waals surface area contributed by atoms with Crippen molar-refractivity contribution < 1.29 is 287 Å². The first kappa shape index (κ1) is 125. The highest BCUT2D eigenvalue weighted by atomic mass is 31.2. The maximum Gasteiger partial charge on any atom is 0.328 e. The van der Waals surface area contributed by atoms with E-state index in [-0.39, 0.29) is 0 Å². The second-order valence-electron chi connectivity index (χ2n) is 30.2. The van der Waals surface area contributed by atoms with Crippen molar-refractivity contribution >= 4 is 152 Å². The van der Waals surface area contributed by atoms with E-state index in [1.165, 1.54) is 0 Å². The van der Waals surface area contributed by atoms with Crippen LogP contribution in [0.1, 0.15) is 136 Å². The molecule has 0 radical (unpaired) electrons. The molecule has 0 saturated carbocycles. The number of rotatable bonds is 59. The Morgan fingerprint density at radius 1 is 0.139 bits per heavy atom. The normalized spacial score (nSPS) is 19.8. The molecule has 0 fully saturated rings. The zero-order valence-electron chi connectivity index (χ0n) is 62.7. The topological polar surface area (TPSA) is 1150 Å². The molecule has 0 aliphatic carbocycles. The second-order valence-corrected chi connectivity index (χ2v) is 68.2. The highest BCUT2D eigenvalue weighted by Crippen LogP contribution is 2.68. The SMILES string of the molecule is CC(C)C(CC(CC(CC(CC(CC(CC(CC(CC(CC(CC(CC(CC(CC(CC(CC(CC(CC(CC(CCP(=O)(O)O)P(=O)(O)O)P(=O)(O)O)P(=O)(O)O)P(=O)(O)O)P(=O)(O)O)P(=O)(O)O)P(=O)(O)O)P(=O)(O)O)P(=O)(O)O)P(=O)(O)O)P(=O)(O)O)P(=O)(O)O)P(=O)(O)O)P(=O)(O)O)P(=O)(O)O)P(=O)(O)O)P(=O)(O)O)P(=O)(O)O)P(=O)(O)O. The summed E-state index contributed by atoms with van der Waals surface area (Å²) < 4.78 is 259. The molecule has 60 nitrogen and oxygen atoms in total. The molecule has 0 aromatic carbocycles. The van der Waals surface area contributed by atoms with Gasteiger partial charge in [0.15, 0.2) is 0 Å². The molecule has 0 bridgehead atoms. The van der Waals surface area contributed by atoms with Crippen LogP contribution in [0.4, 0.5) is 0 Å². The van der Waals surface area contributed by atoms with Crippen molar-refractivity contribution in [1.82, 2.24) is 0 Å². The van der Waals surface area contributed by atoms with Gasteiger partial charge in [0.25, 0.3) is 0 Å². The van der Waals surface area contributed by atoms with Crippen molar-refractivity contribution in [3.63, 3.8) is 0 Å². The molecule has 0 aromatic rings. The van der Waals surface area contributed by atoms with E-state index in [0.717, 1.165) is 13.8 Å². The molecule has 122 heavy (non-hydrogen) atoms. The van der Waals surface area contributed by atoms with Crippen LogP contribution in [0.15, 0.2) is 0 Å². The Hall–Kier alpha value is 3.00. The largest absolute Gasteiger partial charge is 0.328 e. The Morgan fingerprint density at radius 3 is 0.303 bits per heavy atom. The van der Waals surface area contributed by atoms with E-state index in [0.29, 0.717) is 0 Å². The Labute approximate surface area is 691 Å². The van der Waals surface area contributed by atoms with Crippen LogP contribution in [0.3, 0.4) is 0 Å². The molecular formula is C42H106O60P20. The zero-order chi connectivity index (χ0) is 97.7. The smallest absolute Gasteiger partial charge is 0.324 e. The molecule has 734 valence electrons. The lowest BCUT2D eigenvalue weighted by molar-refractivity contribution is 0.298. The summed E-state index contributed by atoms with van der Waals surface area (Å²) in [6.07, 6.45) is -37.4.